The Morgan fingerprint density at radius 2 is 2.14 bits per heavy atom. The average Bonchev–Trinajstić information content (AvgIpc) is 2.93. The van der Waals surface area contributed by atoms with Gasteiger partial charge in [0.2, 0.25) is 0 Å². The standard InChI is InChI=1S/C12H23NS/c1-9(8-11-5-6-11)13-12-4-3-7-14-10(12)2/h9-13H,3-8H2,1-2H3. The summed E-state index contributed by atoms with van der Waals surface area (Å²) in [6, 6.07) is 1.52. The smallest absolute Gasteiger partial charge is 0.0186 e. The minimum atomic E-state index is 0.744. The van der Waals surface area contributed by atoms with Crippen molar-refractivity contribution in [1.82, 2.24) is 5.32 Å². The maximum absolute atomic E-state index is 3.82. The van der Waals surface area contributed by atoms with Gasteiger partial charge in [0.05, 0.1) is 0 Å². The summed E-state index contributed by atoms with van der Waals surface area (Å²) >= 11 is 2.14. The average molecular weight is 213 g/mol. The molecule has 0 aromatic rings. The van der Waals surface area contributed by atoms with Crippen molar-refractivity contribution in [2.75, 3.05) is 5.75 Å². The molecule has 1 saturated heterocycles. The highest BCUT2D eigenvalue weighted by atomic mass is 32.2. The van der Waals surface area contributed by atoms with Gasteiger partial charge in [-0.05, 0) is 37.9 Å². The summed E-state index contributed by atoms with van der Waals surface area (Å²) < 4.78 is 0. The van der Waals surface area contributed by atoms with Crippen LogP contribution in [0, 0.1) is 5.92 Å². The van der Waals surface area contributed by atoms with E-state index in [-0.39, 0.29) is 0 Å². The van der Waals surface area contributed by atoms with Gasteiger partial charge in [-0.3, -0.25) is 0 Å². The molecule has 1 heterocycles. The number of hydrogen-bond donors (Lipinski definition) is 1. The molecule has 0 amide bonds. The molecule has 14 heavy (non-hydrogen) atoms. The van der Waals surface area contributed by atoms with Crippen LogP contribution in [-0.2, 0) is 0 Å². The Labute approximate surface area is 92.4 Å². The zero-order valence-electron chi connectivity index (χ0n) is 9.46. The van der Waals surface area contributed by atoms with Crippen molar-refractivity contribution in [1.29, 1.82) is 0 Å². The fourth-order valence-electron chi connectivity index (χ4n) is 2.43. The van der Waals surface area contributed by atoms with Crippen LogP contribution in [-0.4, -0.2) is 23.1 Å². The van der Waals surface area contributed by atoms with E-state index in [1.54, 1.807) is 0 Å². The molecule has 1 saturated carbocycles. The van der Waals surface area contributed by atoms with Crippen molar-refractivity contribution in [2.24, 2.45) is 5.92 Å². The fraction of sp³-hybridized carbons (Fsp3) is 1.00. The quantitative estimate of drug-likeness (QED) is 0.770. The van der Waals surface area contributed by atoms with Crippen LogP contribution in [0.15, 0.2) is 0 Å². The summed E-state index contributed by atoms with van der Waals surface area (Å²) in [5.74, 6) is 2.43. The Morgan fingerprint density at radius 3 is 2.79 bits per heavy atom. The first kappa shape index (κ1) is 10.8. The SMILES string of the molecule is CC(CC1CC1)NC1CCCSC1C. The van der Waals surface area contributed by atoms with Gasteiger partial charge in [-0.25, -0.2) is 0 Å². The molecule has 3 atom stereocenters. The van der Waals surface area contributed by atoms with E-state index in [2.05, 4.69) is 30.9 Å². The predicted molar refractivity (Wildman–Crippen MR) is 64.9 cm³/mol. The molecule has 1 aliphatic heterocycles. The van der Waals surface area contributed by atoms with Gasteiger partial charge < -0.3 is 5.32 Å². The first-order chi connectivity index (χ1) is 6.75. The second kappa shape index (κ2) is 4.89. The first-order valence-electron chi connectivity index (χ1n) is 6.13. The van der Waals surface area contributed by atoms with E-state index in [0.29, 0.717) is 0 Å². The van der Waals surface area contributed by atoms with Gasteiger partial charge in [0, 0.05) is 17.3 Å². The molecule has 2 fully saturated rings. The molecule has 3 unspecified atom stereocenters. The third kappa shape index (κ3) is 3.16. The number of hydrogen-bond acceptors (Lipinski definition) is 2. The summed E-state index contributed by atoms with van der Waals surface area (Å²) in [5, 5.41) is 4.64. The molecule has 0 aromatic carbocycles. The summed E-state index contributed by atoms with van der Waals surface area (Å²) in [5.41, 5.74) is 0. The van der Waals surface area contributed by atoms with Crippen molar-refractivity contribution in [3.05, 3.63) is 0 Å². The summed E-state index contributed by atoms with van der Waals surface area (Å²) in [4.78, 5) is 0. The Balaban J connectivity index is 1.70. The molecule has 1 aliphatic carbocycles. The summed E-state index contributed by atoms with van der Waals surface area (Å²) in [6.07, 6.45) is 7.18. The third-order valence-electron chi connectivity index (χ3n) is 3.49. The monoisotopic (exact) mass is 213 g/mol. The lowest BCUT2D eigenvalue weighted by Crippen LogP contribution is -2.44. The lowest BCUT2D eigenvalue weighted by Gasteiger charge is -2.31. The van der Waals surface area contributed by atoms with E-state index in [1.807, 2.05) is 0 Å². The van der Waals surface area contributed by atoms with Crippen LogP contribution in [0.5, 0.6) is 0 Å². The third-order valence-corrected chi connectivity index (χ3v) is 4.87. The molecular formula is C12H23NS. The topological polar surface area (TPSA) is 12.0 Å². The van der Waals surface area contributed by atoms with Gasteiger partial charge in [0.15, 0.2) is 0 Å². The van der Waals surface area contributed by atoms with Gasteiger partial charge in [0.1, 0.15) is 0 Å². The van der Waals surface area contributed by atoms with E-state index in [1.165, 1.54) is 37.9 Å². The molecule has 2 rings (SSSR count). The molecule has 82 valence electrons. The van der Waals surface area contributed by atoms with Gasteiger partial charge >= 0.3 is 0 Å². The highest BCUT2D eigenvalue weighted by Crippen LogP contribution is 2.34. The predicted octanol–water partition coefficient (Wildman–Crippen LogP) is 3.05. The van der Waals surface area contributed by atoms with Crippen LogP contribution in [0.4, 0.5) is 0 Å². The van der Waals surface area contributed by atoms with Crippen molar-refractivity contribution < 1.29 is 0 Å². The largest absolute Gasteiger partial charge is 0.310 e. The number of rotatable bonds is 4. The number of nitrogens with one attached hydrogen (secondary N) is 1. The molecule has 0 bridgehead atoms. The fourth-order valence-corrected chi connectivity index (χ4v) is 3.58. The Morgan fingerprint density at radius 1 is 1.36 bits per heavy atom. The lowest BCUT2D eigenvalue weighted by atomic mass is 10.1. The van der Waals surface area contributed by atoms with Gasteiger partial charge in [-0.1, -0.05) is 19.8 Å². The van der Waals surface area contributed by atoms with Gasteiger partial charge in [-0.15, -0.1) is 0 Å². The highest BCUT2D eigenvalue weighted by Gasteiger charge is 2.27. The zero-order chi connectivity index (χ0) is 9.97. The van der Waals surface area contributed by atoms with E-state index in [9.17, 15) is 0 Å². The van der Waals surface area contributed by atoms with Crippen molar-refractivity contribution >= 4 is 11.8 Å². The van der Waals surface area contributed by atoms with E-state index in [4.69, 9.17) is 0 Å². The maximum atomic E-state index is 3.82. The second-order valence-corrected chi connectivity index (χ2v) is 6.56. The van der Waals surface area contributed by atoms with Crippen LogP contribution < -0.4 is 5.32 Å². The highest BCUT2D eigenvalue weighted by molar-refractivity contribution is 7.99. The second-order valence-electron chi connectivity index (χ2n) is 5.07. The molecule has 1 nitrogen and oxygen atoms in total. The van der Waals surface area contributed by atoms with Crippen LogP contribution in [0.3, 0.4) is 0 Å². The Bertz CT molecular complexity index is 179. The van der Waals surface area contributed by atoms with Gasteiger partial charge in [-0.2, -0.15) is 11.8 Å². The molecule has 2 aliphatic rings. The van der Waals surface area contributed by atoms with Crippen LogP contribution in [0.2, 0.25) is 0 Å². The Hall–Kier alpha value is 0.310. The lowest BCUT2D eigenvalue weighted by molar-refractivity contribution is 0.387. The van der Waals surface area contributed by atoms with Crippen molar-refractivity contribution in [3.63, 3.8) is 0 Å². The number of thioether (sulfide) groups is 1. The molecular weight excluding hydrogens is 190 g/mol. The van der Waals surface area contributed by atoms with Crippen LogP contribution in [0.1, 0.15) is 46.0 Å². The summed E-state index contributed by atoms with van der Waals surface area (Å²) in [6.45, 7) is 4.75. The minimum Gasteiger partial charge on any atom is -0.310 e. The van der Waals surface area contributed by atoms with Crippen molar-refractivity contribution in [3.8, 4) is 0 Å². The molecule has 0 radical (unpaired) electrons. The zero-order valence-corrected chi connectivity index (χ0v) is 10.3. The normalized spacial score (nSPS) is 35.6. The molecule has 0 spiro atoms. The van der Waals surface area contributed by atoms with Crippen LogP contribution >= 0.6 is 11.8 Å². The van der Waals surface area contributed by atoms with E-state index < -0.39 is 0 Å². The van der Waals surface area contributed by atoms with Crippen LogP contribution in [0.25, 0.3) is 0 Å². The molecule has 0 aromatic heterocycles. The molecule has 2 heteroatoms. The van der Waals surface area contributed by atoms with E-state index >= 15 is 0 Å². The van der Waals surface area contributed by atoms with Gasteiger partial charge in [0.25, 0.3) is 0 Å². The van der Waals surface area contributed by atoms with Crippen molar-refractivity contribution in [2.45, 2.75) is 63.3 Å². The molecule has 1 N–H and O–H groups in total. The minimum absolute atomic E-state index is 0.744. The first-order valence-corrected chi connectivity index (χ1v) is 7.18. The van der Waals surface area contributed by atoms with E-state index in [0.717, 1.165) is 23.3 Å². The maximum Gasteiger partial charge on any atom is 0.0186 e. The Kier molecular flexibility index (Phi) is 3.78. The summed E-state index contributed by atoms with van der Waals surface area (Å²) in [7, 11) is 0.